The third-order valence-electron chi connectivity index (χ3n) is 4.44. The van der Waals surface area contributed by atoms with Crippen LogP contribution < -0.4 is 5.32 Å². The fraction of sp³-hybridized carbons (Fsp3) is 0.929. The Morgan fingerprint density at radius 1 is 1.33 bits per heavy atom. The van der Waals surface area contributed by atoms with Gasteiger partial charge in [0.25, 0.3) is 0 Å². The summed E-state index contributed by atoms with van der Waals surface area (Å²) in [5.41, 5.74) is 0.367. The monoisotopic (exact) mass is 268 g/mol. The van der Waals surface area contributed by atoms with Crippen LogP contribution in [0.3, 0.4) is 0 Å². The third kappa shape index (κ3) is 2.85. The van der Waals surface area contributed by atoms with Gasteiger partial charge in [0.05, 0.1) is 6.04 Å². The maximum Gasteiger partial charge on any atom is 0.157 e. The highest BCUT2D eigenvalue weighted by atomic mass is 32.2. The third-order valence-corrected chi connectivity index (χ3v) is 5.62. The molecule has 3 aliphatic rings. The summed E-state index contributed by atoms with van der Waals surface area (Å²) in [5, 5.41) is 4.96. The summed E-state index contributed by atoms with van der Waals surface area (Å²) in [4.78, 5) is 4.90. The summed E-state index contributed by atoms with van der Waals surface area (Å²) >= 11 is 1.94. The number of aliphatic imine (C=N–C) groups is 1. The number of nitrogens with zero attached hydrogens (tertiary/aromatic N) is 1. The molecule has 0 radical (unpaired) electrons. The lowest BCUT2D eigenvalue weighted by atomic mass is 9.78. The number of hydrogen-bond acceptors (Lipinski definition) is 3. The number of rotatable bonds is 1. The van der Waals surface area contributed by atoms with E-state index in [0.717, 1.165) is 32.0 Å². The first-order valence-electron chi connectivity index (χ1n) is 7.32. The Hall–Kier alpha value is -0.220. The Labute approximate surface area is 114 Å². The van der Waals surface area contributed by atoms with Crippen molar-refractivity contribution in [3.05, 3.63) is 0 Å². The highest BCUT2D eigenvalue weighted by Crippen LogP contribution is 2.38. The average molecular weight is 268 g/mol. The first-order chi connectivity index (χ1) is 8.76. The molecule has 2 aliphatic heterocycles. The number of thioether (sulfide) groups is 1. The van der Waals surface area contributed by atoms with Gasteiger partial charge >= 0.3 is 0 Å². The van der Waals surface area contributed by atoms with Crippen molar-refractivity contribution in [3.63, 3.8) is 0 Å². The van der Waals surface area contributed by atoms with Crippen molar-refractivity contribution >= 4 is 16.9 Å². The van der Waals surface area contributed by atoms with E-state index in [-0.39, 0.29) is 0 Å². The predicted octanol–water partition coefficient (Wildman–Crippen LogP) is 2.81. The van der Waals surface area contributed by atoms with Gasteiger partial charge in [-0.25, -0.2) is 0 Å². The van der Waals surface area contributed by atoms with E-state index in [2.05, 4.69) is 12.2 Å². The minimum absolute atomic E-state index is 0.367. The second-order valence-corrected chi connectivity index (χ2v) is 7.14. The fourth-order valence-corrected chi connectivity index (χ4v) is 4.72. The number of nitrogens with one attached hydrogen (secondary N) is 1. The van der Waals surface area contributed by atoms with Gasteiger partial charge in [-0.05, 0) is 31.6 Å². The molecule has 0 amide bonds. The van der Waals surface area contributed by atoms with Crippen molar-refractivity contribution in [3.8, 4) is 0 Å². The first-order valence-corrected chi connectivity index (χ1v) is 8.31. The van der Waals surface area contributed by atoms with Crippen LogP contribution in [-0.2, 0) is 4.74 Å². The molecule has 1 N–H and O–H groups in total. The lowest BCUT2D eigenvalue weighted by Gasteiger charge is -2.36. The molecule has 18 heavy (non-hydrogen) atoms. The van der Waals surface area contributed by atoms with Crippen LogP contribution in [0.2, 0.25) is 0 Å². The number of amidine groups is 1. The maximum atomic E-state index is 5.39. The topological polar surface area (TPSA) is 33.6 Å². The van der Waals surface area contributed by atoms with Crippen LogP contribution in [-0.4, -0.2) is 35.7 Å². The molecule has 0 bridgehead atoms. The van der Waals surface area contributed by atoms with Gasteiger partial charge in [-0.1, -0.05) is 31.5 Å². The highest BCUT2D eigenvalue weighted by molar-refractivity contribution is 8.14. The van der Waals surface area contributed by atoms with Crippen molar-refractivity contribution in [2.24, 2.45) is 10.9 Å². The Morgan fingerprint density at radius 3 is 2.94 bits per heavy atom. The van der Waals surface area contributed by atoms with Gasteiger partial charge in [0.2, 0.25) is 0 Å². The van der Waals surface area contributed by atoms with Crippen molar-refractivity contribution in [2.75, 3.05) is 19.0 Å². The first kappa shape index (κ1) is 12.8. The Balaban J connectivity index is 1.61. The summed E-state index contributed by atoms with van der Waals surface area (Å²) in [7, 11) is 0. The minimum atomic E-state index is 0.367. The predicted molar refractivity (Wildman–Crippen MR) is 77.2 cm³/mol. The van der Waals surface area contributed by atoms with Gasteiger partial charge in [0.15, 0.2) is 5.17 Å². The quantitative estimate of drug-likeness (QED) is 0.794. The molecule has 4 heteroatoms. The molecule has 1 saturated carbocycles. The van der Waals surface area contributed by atoms with Gasteiger partial charge in [-0.3, -0.25) is 4.99 Å². The molecule has 3 rings (SSSR count). The largest absolute Gasteiger partial charge is 0.381 e. The van der Waals surface area contributed by atoms with Crippen molar-refractivity contribution < 1.29 is 4.74 Å². The molecule has 0 aromatic carbocycles. The van der Waals surface area contributed by atoms with E-state index in [1.54, 1.807) is 0 Å². The Kier molecular flexibility index (Phi) is 3.85. The lowest BCUT2D eigenvalue weighted by molar-refractivity contribution is 0.0870. The minimum Gasteiger partial charge on any atom is -0.381 e. The molecule has 1 spiro atoms. The zero-order chi connectivity index (χ0) is 12.4. The smallest absolute Gasteiger partial charge is 0.157 e. The molecule has 3 nitrogen and oxygen atoms in total. The van der Waals surface area contributed by atoms with E-state index in [0.29, 0.717) is 11.6 Å². The zero-order valence-corrected chi connectivity index (χ0v) is 12.1. The van der Waals surface area contributed by atoms with Gasteiger partial charge in [0, 0.05) is 24.5 Å². The van der Waals surface area contributed by atoms with Gasteiger partial charge in [-0.15, -0.1) is 0 Å². The summed E-state index contributed by atoms with van der Waals surface area (Å²) in [6, 6.07) is 0.491. The molecule has 2 unspecified atom stereocenters. The molecule has 2 atom stereocenters. The molecule has 2 saturated heterocycles. The SMILES string of the molecule is CC1CCCC2(CSC(=NC3CCOCC3)N2)C1. The van der Waals surface area contributed by atoms with Crippen LogP contribution in [0.5, 0.6) is 0 Å². The second kappa shape index (κ2) is 5.41. The van der Waals surface area contributed by atoms with Crippen LogP contribution in [0.4, 0.5) is 0 Å². The van der Waals surface area contributed by atoms with E-state index in [1.807, 2.05) is 11.8 Å². The second-order valence-electron chi connectivity index (χ2n) is 6.17. The summed E-state index contributed by atoms with van der Waals surface area (Å²) in [5.74, 6) is 2.09. The van der Waals surface area contributed by atoms with E-state index >= 15 is 0 Å². The summed E-state index contributed by atoms with van der Waals surface area (Å²) in [6.07, 6.45) is 7.62. The standard InChI is InChI=1S/C14H24N2OS/c1-11-3-2-6-14(9-11)10-18-13(16-14)15-12-4-7-17-8-5-12/h11-12H,2-10H2,1H3,(H,15,16). The van der Waals surface area contributed by atoms with Crippen LogP contribution in [0.25, 0.3) is 0 Å². The zero-order valence-electron chi connectivity index (χ0n) is 11.3. The molecule has 3 fully saturated rings. The van der Waals surface area contributed by atoms with Crippen molar-refractivity contribution in [2.45, 2.75) is 57.0 Å². The van der Waals surface area contributed by atoms with E-state index in [1.165, 1.54) is 36.6 Å². The van der Waals surface area contributed by atoms with Crippen molar-refractivity contribution in [1.82, 2.24) is 5.32 Å². The van der Waals surface area contributed by atoms with Crippen molar-refractivity contribution in [1.29, 1.82) is 0 Å². The molecular formula is C14H24N2OS. The van der Waals surface area contributed by atoms with Crippen LogP contribution >= 0.6 is 11.8 Å². The molecule has 102 valence electrons. The Bertz CT molecular complexity index is 328. The average Bonchev–Trinajstić information content (AvgIpc) is 2.73. The van der Waals surface area contributed by atoms with E-state index in [4.69, 9.17) is 9.73 Å². The normalized spacial score (nSPS) is 40.3. The highest BCUT2D eigenvalue weighted by Gasteiger charge is 2.40. The van der Waals surface area contributed by atoms with E-state index in [9.17, 15) is 0 Å². The van der Waals surface area contributed by atoms with Crippen LogP contribution in [0.1, 0.15) is 45.4 Å². The summed E-state index contributed by atoms with van der Waals surface area (Å²) < 4.78 is 5.39. The molecule has 1 aliphatic carbocycles. The lowest BCUT2D eigenvalue weighted by Crippen LogP contribution is -2.47. The van der Waals surface area contributed by atoms with Gasteiger partial charge < -0.3 is 10.1 Å². The number of hydrogen-bond donors (Lipinski definition) is 1. The molecule has 0 aromatic rings. The number of ether oxygens (including phenoxy) is 1. The van der Waals surface area contributed by atoms with Gasteiger partial charge in [-0.2, -0.15) is 0 Å². The van der Waals surface area contributed by atoms with Crippen LogP contribution in [0.15, 0.2) is 4.99 Å². The van der Waals surface area contributed by atoms with E-state index < -0.39 is 0 Å². The molecular weight excluding hydrogens is 244 g/mol. The molecule has 2 heterocycles. The summed E-state index contributed by atoms with van der Waals surface area (Å²) in [6.45, 7) is 4.16. The fourth-order valence-electron chi connectivity index (χ4n) is 3.46. The Morgan fingerprint density at radius 2 is 2.17 bits per heavy atom. The van der Waals surface area contributed by atoms with Crippen LogP contribution in [0, 0.1) is 5.92 Å². The van der Waals surface area contributed by atoms with Gasteiger partial charge in [0.1, 0.15) is 0 Å². The molecule has 0 aromatic heterocycles. The maximum absolute atomic E-state index is 5.39.